The number of carboxylic acid groups (broad SMARTS) is 1. The molecule has 3 N–H and O–H groups in total. The van der Waals surface area contributed by atoms with Crippen molar-refractivity contribution in [1.82, 2.24) is 4.90 Å². The Kier molecular flexibility index (Phi) is 3.10. The smallest absolute Gasteiger partial charge is 0.407 e. The average Bonchev–Trinajstić information content (AvgIpc) is 2.78. The molecule has 0 spiro atoms. The number of carbonyl (C=O) groups is 1. The first kappa shape index (κ1) is 11.0. The van der Waals surface area contributed by atoms with E-state index in [1.165, 1.54) is 4.90 Å². The molecule has 2 atom stereocenters. The third-order valence-electron chi connectivity index (χ3n) is 3.14. The summed E-state index contributed by atoms with van der Waals surface area (Å²) < 4.78 is 0. The molecule has 0 aromatic heterocycles. The summed E-state index contributed by atoms with van der Waals surface area (Å²) in [6, 6.07) is 9.37. The quantitative estimate of drug-likeness (QED) is 0.799. The summed E-state index contributed by atoms with van der Waals surface area (Å²) in [6.07, 6.45) is 0.883. The Bertz CT molecular complexity index is 367. The molecule has 1 fully saturated rings. The number of amides is 1. The fourth-order valence-electron chi connectivity index (χ4n) is 2.30. The number of likely N-dealkylation sites (tertiary alicyclic amines) is 1. The minimum Gasteiger partial charge on any atom is -0.465 e. The maximum absolute atomic E-state index is 11.0. The van der Waals surface area contributed by atoms with Crippen LogP contribution in [-0.2, 0) is 0 Å². The molecule has 4 nitrogen and oxygen atoms in total. The predicted molar refractivity (Wildman–Crippen MR) is 61.1 cm³/mol. The predicted octanol–water partition coefficient (Wildman–Crippen LogP) is 1.83. The second-order valence-corrected chi connectivity index (χ2v) is 4.12. The zero-order chi connectivity index (χ0) is 11.5. The van der Waals surface area contributed by atoms with Crippen LogP contribution in [0.3, 0.4) is 0 Å². The molecule has 0 aliphatic carbocycles. The van der Waals surface area contributed by atoms with Crippen LogP contribution in [0.15, 0.2) is 30.3 Å². The zero-order valence-corrected chi connectivity index (χ0v) is 9.04. The Morgan fingerprint density at radius 2 is 2.12 bits per heavy atom. The molecule has 4 heteroatoms. The highest BCUT2D eigenvalue weighted by molar-refractivity contribution is 5.66. The molecular weight excluding hydrogens is 204 g/mol. The standard InChI is InChI=1S/C12H16N2O2/c13-11(9-5-2-1-3-6-9)10-7-4-8-14(10)12(15)16/h1-3,5-6,10-11H,4,7-8,13H2,(H,15,16)/t10?,11-/m0/s1. The van der Waals surface area contributed by atoms with Crippen LogP contribution in [0.2, 0.25) is 0 Å². The first-order valence-corrected chi connectivity index (χ1v) is 5.50. The van der Waals surface area contributed by atoms with Gasteiger partial charge in [0.2, 0.25) is 0 Å². The summed E-state index contributed by atoms with van der Waals surface area (Å²) in [5.74, 6) is 0. The van der Waals surface area contributed by atoms with Crippen molar-refractivity contribution >= 4 is 6.09 Å². The van der Waals surface area contributed by atoms with Crippen molar-refractivity contribution in [3.63, 3.8) is 0 Å². The highest BCUT2D eigenvalue weighted by Gasteiger charge is 2.33. The summed E-state index contributed by atoms with van der Waals surface area (Å²) in [7, 11) is 0. The van der Waals surface area contributed by atoms with Crippen molar-refractivity contribution in [3.05, 3.63) is 35.9 Å². The van der Waals surface area contributed by atoms with Gasteiger partial charge in [-0.2, -0.15) is 0 Å². The summed E-state index contributed by atoms with van der Waals surface area (Å²) in [5, 5.41) is 9.05. The molecule has 1 saturated heterocycles. The summed E-state index contributed by atoms with van der Waals surface area (Å²) in [5.41, 5.74) is 7.12. The van der Waals surface area contributed by atoms with Crippen LogP contribution in [0.25, 0.3) is 0 Å². The molecular formula is C12H16N2O2. The second kappa shape index (κ2) is 4.53. The molecule has 1 amide bonds. The molecule has 1 aliphatic heterocycles. The van der Waals surface area contributed by atoms with Crippen LogP contribution in [0, 0.1) is 0 Å². The van der Waals surface area contributed by atoms with E-state index in [0.29, 0.717) is 6.54 Å². The van der Waals surface area contributed by atoms with Gasteiger partial charge >= 0.3 is 6.09 Å². The first-order valence-electron chi connectivity index (χ1n) is 5.50. The molecule has 16 heavy (non-hydrogen) atoms. The van der Waals surface area contributed by atoms with Crippen LogP contribution in [0.5, 0.6) is 0 Å². The van der Waals surface area contributed by atoms with Gasteiger partial charge in [0.25, 0.3) is 0 Å². The molecule has 1 heterocycles. The van der Waals surface area contributed by atoms with Crippen LogP contribution in [-0.4, -0.2) is 28.7 Å². The lowest BCUT2D eigenvalue weighted by molar-refractivity contribution is 0.134. The van der Waals surface area contributed by atoms with Gasteiger partial charge in [-0.25, -0.2) is 4.79 Å². The monoisotopic (exact) mass is 220 g/mol. The normalized spacial score (nSPS) is 22.1. The number of hydrogen-bond acceptors (Lipinski definition) is 2. The Labute approximate surface area is 94.7 Å². The van der Waals surface area contributed by atoms with Crippen molar-refractivity contribution in [2.45, 2.75) is 24.9 Å². The Hall–Kier alpha value is -1.55. The highest BCUT2D eigenvalue weighted by Crippen LogP contribution is 2.27. The van der Waals surface area contributed by atoms with Crippen molar-refractivity contribution < 1.29 is 9.90 Å². The van der Waals surface area contributed by atoms with E-state index < -0.39 is 6.09 Å². The molecule has 1 aromatic rings. The SMILES string of the molecule is N[C@@H](c1ccccc1)C1CCCN1C(=O)O. The van der Waals surface area contributed by atoms with E-state index in [9.17, 15) is 4.79 Å². The highest BCUT2D eigenvalue weighted by atomic mass is 16.4. The van der Waals surface area contributed by atoms with E-state index in [2.05, 4.69) is 0 Å². The lowest BCUT2D eigenvalue weighted by Crippen LogP contribution is -2.41. The average molecular weight is 220 g/mol. The van der Waals surface area contributed by atoms with E-state index in [4.69, 9.17) is 10.8 Å². The molecule has 86 valence electrons. The minimum atomic E-state index is -0.867. The maximum atomic E-state index is 11.0. The van der Waals surface area contributed by atoms with E-state index in [-0.39, 0.29) is 12.1 Å². The first-order chi connectivity index (χ1) is 7.70. The van der Waals surface area contributed by atoms with E-state index in [0.717, 1.165) is 18.4 Å². The number of nitrogens with zero attached hydrogens (tertiary/aromatic N) is 1. The van der Waals surface area contributed by atoms with Crippen LogP contribution < -0.4 is 5.73 Å². The number of benzene rings is 1. The molecule has 1 unspecified atom stereocenters. The topological polar surface area (TPSA) is 66.6 Å². The van der Waals surface area contributed by atoms with Crippen LogP contribution in [0.4, 0.5) is 4.79 Å². The third-order valence-corrected chi connectivity index (χ3v) is 3.14. The number of nitrogens with two attached hydrogens (primary N) is 1. The minimum absolute atomic E-state index is 0.0834. The van der Waals surface area contributed by atoms with Crippen molar-refractivity contribution in [1.29, 1.82) is 0 Å². The third kappa shape index (κ3) is 2.02. The molecule has 0 bridgehead atoms. The summed E-state index contributed by atoms with van der Waals surface area (Å²) in [4.78, 5) is 12.5. The van der Waals surface area contributed by atoms with Gasteiger partial charge in [-0.1, -0.05) is 30.3 Å². The largest absolute Gasteiger partial charge is 0.465 e. The van der Waals surface area contributed by atoms with Crippen molar-refractivity contribution in [2.24, 2.45) is 5.73 Å². The van der Waals surface area contributed by atoms with E-state index in [1.54, 1.807) is 0 Å². The summed E-state index contributed by atoms with van der Waals surface area (Å²) >= 11 is 0. The van der Waals surface area contributed by atoms with Crippen LogP contribution >= 0.6 is 0 Å². The van der Waals surface area contributed by atoms with Gasteiger partial charge in [0.15, 0.2) is 0 Å². The Balaban J connectivity index is 2.15. The van der Waals surface area contributed by atoms with Gasteiger partial charge in [0.1, 0.15) is 0 Å². The fourth-order valence-corrected chi connectivity index (χ4v) is 2.30. The lowest BCUT2D eigenvalue weighted by Gasteiger charge is -2.27. The molecule has 1 aliphatic rings. The molecule has 2 rings (SSSR count). The van der Waals surface area contributed by atoms with Crippen molar-refractivity contribution in [2.75, 3.05) is 6.54 Å². The molecule has 0 saturated carbocycles. The summed E-state index contributed by atoms with van der Waals surface area (Å²) in [6.45, 7) is 0.598. The molecule has 1 aromatic carbocycles. The number of hydrogen-bond donors (Lipinski definition) is 2. The van der Waals surface area contributed by atoms with Gasteiger partial charge < -0.3 is 15.7 Å². The number of rotatable bonds is 2. The molecule has 0 radical (unpaired) electrons. The fraction of sp³-hybridized carbons (Fsp3) is 0.417. The van der Waals surface area contributed by atoms with E-state index >= 15 is 0 Å². The van der Waals surface area contributed by atoms with Gasteiger partial charge in [-0.3, -0.25) is 0 Å². The second-order valence-electron chi connectivity index (χ2n) is 4.12. The van der Waals surface area contributed by atoms with Gasteiger partial charge in [-0.05, 0) is 18.4 Å². The van der Waals surface area contributed by atoms with Crippen molar-refractivity contribution in [3.8, 4) is 0 Å². The van der Waals surface area contributed by atoms with Crippen LogP contribution in [0.1, 0.15) is 24.4 Å². The maximum Gasteiger partial charge on any atom is 0.407 e. The Morgan fingerprint density at radius 3 is 2.75 bits per heavy atom. The lowest BCUT2D eigenvalue weighted by atomic mass is 9.98. The van der Waals surface area contributed by atoms with E-state index in [1.807, 2.05) is 30.3 Å². The van der Waals surface area contributed by atoms with Gasteiger partial charge in [0, 0.05) is 6.54 Å². The van der Waals surface area contributed by atoms with Gasteiger partial charge in [0.05, 0.1) is 12.1 Å². The van der Waals surface area contributed by atoms with Gasteiger partial charge in [-0.15, -0.1) is 0 Å². The Morgan fingerprint density at radius 1 is 1.44 bits per heavy atom. The zero-order valence-electron chi connectivity index (χ0n) is 9.04.